The maximum atomic E-state index is 12.8. The lowest BCUT2D eigenvalue weighted by Crippen LogP contribution is -2.16. The highest BCUT2D eigenvalue weighted by Crippen LogP contribution is 2.31. The zero-order chi connectivity index (χ0) is 20.9. The van der Waals surface area contributed by atoms with Crippen LogP contribution in [-0.2, 0) is 16.6 Å². The molecule has 10 heteroatoms. The highest BCUT2D eigenvalue weighted by molar-refractivity contribution is 9.10. The van der Waals surface area contributed by atoms with Crippen LogP contribution in [0.15, 0.2) is 64.2 Å². The number of aromatic nitrogens is 2. The standard InChI is InChI=1S/C19H18BrN3O5S/c1-26-15-9-8-14(10-16(15)27-2)29(24,25)23-18-19(22-17(20)11-21-18)28-12-13-6-4-3-5-7-13/h3-11H,12H2,1-2H3,(H,21,23). The highest BCUT2D eigenvalue weighted by atomic mass is 79.9. The molecule has 0 aliphatic rings. The first kappa shape index (κ1) is 20.9. The summed E-state index contributed by atoms with van der Waals surface area (Å²) >= 11 is 3.22. The van der Waals surface area contributed by atoms with Gasteiger partial charge in [0.2, 0.25) is 5.82 Å². The monoisotopic (exact) mass is 479 g/mol. The Labute approximate surface area is 177 Å². The van der Waals surface area contributed by atoms with Gasteiger partial charge in [0.15, 0.2) is 11.5 Å². The third kappa shape index (κ3) is 5.15. The molecule has 0 aliphatic carbocycles. The minimum absolute atomic E-state index is 0.0196. The summed E-state index contributed by atoms with van der Waals surface area (Å²) < 4.78 is 44.5. The van der Waals surface area contributed by atoms with Crippen LogP contribution in [-0.4, -0.2) is 32.6 Å². The molecule has 8 nitrogen and oxygen atoms in total. The molecule has 1 heterocycles. The fraction of sp³-hybridized carbons (Fsp3) is 0.158. The van der Waals surface area contributed by atoms with E-state index in [1.165, 1.54) is 38.6 Å². The van der Waals surface area contributed by atoms with Crippen molar-refractivity contribution in [3.05, 3.63) is 64.9 Å². The minimum Gasteiger partial charge on any atom is -0.493 e. The molecule has 0 radical (unpaired) electrons. The number of hydrogen-bond donors (Lipinski definition) is 1. The van der Waals surface area contributed by atoms with Crippen molar-refractivity contribution in [3.63, 3.8) is 0 Å². The molecule has 29 heavy (non-hydrogen) atoms. The fourth-order valence-corrected chi connectivity index (χ4v) is 3.70. The normalized spacial score (nSPS) is 11.0. The second-order valence-corrected chi connectivity index (χ2v) is 8.24. The van der Waals surface area contributed by atoms with Gasteiger partial charge in [0.25, 0.3) is 15.9 Å². The van der Waals surface area contributed by atoms with Crippen LogP contribution in [0.25, 0.3) is 0 Å². The van der Waals surface area contributed by atoms with Crippen molar-refractivity contribution in [1.82, 2.24) is 9.97 Å². The zero-order valence-corrected chi connectivity index (χ0v) is 18.0. The van der Waals surface area contributed by atoms with E-state index in [-0.39, 0.29) is 28.9 Å². The molecule has 0 saturated heterocycles. The minimum atomic E-state index is -3.97. The fourth-order valence-electron chi connectivity index (χ4n) is 2.42. The Morgan fingerprint density at radius 1 is 1.03 bits per heavy atom. The molecular weight excluding hydrogens is 462 g/mol. The summed E-state index contributed by atoms with van der Waals surface area (Å²) in [4.78, 5) is 8.26. The topological polar surface area (TPSA) is 99.6 Å². The first-order chi connectivity index (χ1) is 13.9. The zero-order valence-electron chi connectivity index (χ0n) is 15.6. The summed E-state index contributed by atoms with van der Waals surface area (Å²) in [6, 6.07) is 13.7. The Bertz CT molecular complexity index is 1090. The second kappa shape index (κ2) is 9.10. The molecule has 0 saturated carbocycles. The van der Waals surface area contributed by atoms with Gasteiger partial charge in [-0.25, -0.2) is 18.4 Å². The Morgan fingerprint density at radius 2 is 1.76 bits per heavy atom. The van der Waals surface area contributed by atoms with E-state index < -0.39 is 10.0 Å². The Kier molecular flexibility index (Phi) is 6.55. The molecular formula is C19H18BrN3O5S. The quantitative estimate of drug-likeness (QED) is 0.526. The van der Waals surface area contributed by atoms with Gasteiger partial charge >= 0.3 is 0 Å². The first-order valence-electron chi connectivity index (χ1n) is 8.37. The summed E-state index contributed by atoms with van der Waals surface area (Å²) in [6.07, 6.45) is 1.38. The number of benzene rings is 2. The van der Waals surface area contributed by atoms with Gasteiger partial charge < -0.3 is 14.2 Å². The van der Waals surface area contributed by atoms with Crippen LogP contribution in [0.2, 0.25) is 0 Å². The molecule has 3 aromatic rings. The molecule has 1 N–H and O–H groups in total. The van der Waals surface area contributed by atoms with Crippen molar-refractivity contribution in [1.29, 1.82) is 0 Å². The summed E-state index contributed by atoms with van der Waals surface area (Å²) in [5.74, 6) is 0.728. The number of nitrogens with zero attached hydrogens (tertiary/aromatic N) is 2. The number of methoxy groups -OCH3 is 2. The number of anilines is 1. The molecule has 0 unspecified atom stereocenters. The lowest BCUT2D eigenvalue weighted by atomic mass is 10.2. The van der Waals surface area contributed by atoms with Crippen LogP contribution in [0.1, 0.15) is 5.56 Å². The van der Waals surface area contributed by atoms with Crippen molar-refractivity contribution in [2.24, 2.45) is 0 Å². The van der Waals surface area contributed by atoms with Gasteiger partial charge in [-0.3, -0.25) is 4.72 Å². The van der Waals surface area contributed by atoms with E-state index >= 15 is 0 Å². The first-order valence-corrected chi connectivity index (χ1v) is 10.6. The molecule has 3 rings (SSSR count). The van der Waals surface area contributed by atoms with Crippen molar-refractivity contribution in [2.45, 2.75) is 11.5 Å². The van der Waals surface area contributed by atoms with Gasteiger partial charge in [0.1, 0.15) is 11.2 Å². The number of hydrogen-bond acceptors (Lipinski definition) is 7. The molecule has 2 aromatic carbocycles. The van der Waals surface area contributed by atoms with Gasteiger partial charge in [0, 0.05) is 6.07 Å². The van der Waals surface area contributed by atoms with E-state index in [0.29, 0.717) is 10.4 Å². The molecule has 0 spiro atoms. The summed E-state index contributed by atoms with van der Waals surface area (Å²) in [6.45, 7) is 0.205. The molecule has 0 aliphatic heterocycles. The van der Waals surface area contributed by atoms with Gasteiger partial charge in [-0.05, 0) is 33.6 Å². The van der Waals surface area contributed by atoms with Gasteiger partial charge in [-0.1, -0.05) is 30.3 Å². The van der Waals surface area contributed by atoms with Crippen LogP contribution in [0.3, 0.4) is 0 Å². The average Bonchev–Trinajstić information content (AvgIpc) is 2.74. The SMILES string of the molecule is COc1ccc(S(=O)(=O)Nc2ncc(Br)nc2OCc2ccccc2)cc1OC. The van der Waals surface area contributed by atoms with Gasteiger partial charge in [-0.15, -0.1) is 0 Å². The summed E-state index contributed by atoms with van der Waals surface area (Å²) in [7, 11) is -1.07. The van der Waals surface area contributed by atoms with Crippen molar-refractivity contribution >= 4 is 31.8 Å². The van der Waals surface area contributed by atoms with Crippen LogP contribution in [0.5, 0.6) is 17.4 Å². The van der Waals surface area contributed by atoms with E-state index in [9.17, 15) is 8.42 Å². The van der Waals surface area contributed by atoms with Crippen LogP contribution < -0.4 is 18.9 Å². The van der Waals surface area contributed by atoms with E-state index in [1.807, 2.05) is 30.3 Å². The van der Waals surface area contributed by atoms with E-state index in [0.717, 1.165) is 5.56 Å². The van der Waals surface area contributed by atoms with Crippen molar-refractivity contribution < 1.29 is 22.6 Å². The van der Waals surface area contributed by atoms with Gasteiger partial charge in [-0.2, -0.15) is 0 Å². The number of ether oxygens (including phenoxy) is 3. The average molecular weight is 480 g/mol. The molecule has 0 fully saturated rings. The largest absolute Gasteiger partial charge is 0.493 e. The maximum absolute atomic E-state index is 12.8. The lowest BCUT2D eigenvalue weighted by molar-refractivity contribution is 0.294. The third-order valence-electron chi connectivity index (χ3n) is 3.83. The van der Waals surface area contributed by atoms with Crippen molar-refractivity contribution in [2.75, 3.05) is 18.9 Å². The molecule has 1 aromatic heterocycles. The summed E-state index contributed by atoms with van der Waals surface area (Å²) in [5, 5.41) is 0. The van der Waals surface area contributed by atoms with E-state index in [4.69, 9.17) is 14.2 Å². The van der Waals surface area contributed by atoms with E-state index in [1.54, 1.807) is 0 Å². The number of sulfonamides is 1. The maximum Gasteiger partial charge on any atom is 0.263 e. The summed E-state index contributed by atoms with van der Waals surface area (Å²) in [5.41, 5.74) is 0.906. The second-order valence-electron chi connectivity index (χ2n) is 5.74. The van der Waals surface area contributed by atoms with Crippen LogP contribution in [0, 0.1) is 0 Å². The van der Waals surface area contributed by atoms with E-state index in [2.05, 4.69) is 30.6 Å². The van der Waals surface area contributed by atoms with Gasteiger partial charge in [0.05, 0.1) is 25.3 Å². The molecule has 152 valence electrons. The van der Waals surface area contributed by atoms with Crippen LogP contribution >= 0.6 is 15.9 Å². The van der Waals surface area contributed by atoms with Crippen molar-refractivity contribution in [3.8, 4) is 17.4 Å². The smallest absolute Gasteiger partial charge is 0.263 e. The van der Waals surface area contributed by atoms with Crippen LogP contribution in [0.4, 0.5) is 5.82 Å². The highest BCUT2D eigenvalue weighted by Gasteiger charge is 2.21. The molecule has 0 bridgehead atoms. The number of rotatable bonds is 8. The lowest BCUT2D eigenvalue weighted by Gasteiger charge is -2.13. The number of halogens is 1. The Hall–Kier alpha value is -2.85. The molecule has 0 atom stereocenters. The Morgan fingerprint density at radius 3 is 2.45 bits per heavy atom. The predicted octanol–water partition coefficient (Wildman–Crippen LogP) is 3.64. The number of nitrogens with one attached hydrogen (secondary N) is 1. The molecule has 0 amide bonds. The Balaban J connectivity index is 1.87. The predicted molar refractivity (Wildman–Crippen MR) is 111 cm³/mol. The third-order valence-corrected chi connectivity index (χ3v) is 5.54.